The van der Waals surface area contributed by atoms with Crippen LogP contribution in [0.25, 0.3) is 0 Å². The number of nitrogens with one attached hydrogen (secondary N) is 2. The molecule has 1 unspecified atom stereocenters. The van der Waals surface area contributed by atoms with Gasteiger partial charge in [-0.25, -0.2) is 4.79 Å². The molecule has 1 atom stereocenters. The summed E-state index contributed by atoms with van der Waals surface area (Å²) >= 11 is 0. The van der Waals surface area contributed by atoms with E-state index in [1.807, 2.05) is 26.8 Å². The largest absolute Gasteiger partial charge is 0.482 e. The molecule has 0 spiro atoms. The quantitative estimate of drug-likeness (QED) is 0.634. The van der Waals surface area contributed by atoms with Crippen LogP contribution in [0.15, 0.2) is 42.5 Å². The summed E-state index contributed by atoms with van der Waals surface area (Å²) in [7, 11) is 0. The molecule has 7 nitrogen and oxygen atoms in total. The second-order valence-corrected chi connectivity index (χ2v) is 7.21. The third kappa shape index (κ3) is 6.34. The fourth-order valence-corrected chi connectivity index (χ4v) is 2.77. The maximum Gasteiger partial charge on any atom is 0.341 e. The number of hydrogen-bond acceptors (Lipinski definition) is 4. The number of rotatable bonds is 8. The Balaban J connectivity index is 2.09. The van der Waals surface area contributed by atoms with E-state index < -0.39 is 18.6 Å². The fourth-order valence-electron chi connectivity index (χ4n) is 2.77. The summed E-state index contributed by atoms with van der Waals surface area (Å²) in [5, 5.41) is 14.3. The lowest BCUT2D eigenvalue weighted by Gasteiger charge is -2.22. The molecule has 29 heavy (non-hydrogen) atoms. The van der Waals surface area contributed by atoms with Gasteiger partial charge < -0.3 is 20.5 Å². The molecule has 2 aromatic rings. The van der Waals surface area contributed by atoms with E-state index in [2.05, 4.69) is 10.6 Å². The molecule has 0 saturated carbocycles. The number of carbonyl (C=O) groups is 3. The summed E-state index contributed by atoms with van der Waals surface area (Å²) in [4.78, 5) is 36.0. The first-order valence-electron chi connectivity index (χ1n) is 9.31. The first-order valence-corrected chi connectivity index (χ1v) is 9.31. The van der Waals surface area contributed by atoms with Gasteiger partial charge in [0.25, 0.3) is 5.91 Å². The molecule has 0 aromatic heterocycles. The number of amides is 2. The first kappa shape index (κ1) is 21.9. The molecule has 0 aliphatic rings. The summed E-state index contributed by atoms with van der Waals surface area (Å²) in [6, 6.07) is 11.3. The van der Waals surface area contributed by atoms with Gasteiger partial charge in [-0.05, 0) is 55.7 Å². The third-order valence-corrected chi connectivity index (χ3v) is 4.33. The molecule has 0 aliphatic heterocycles. The number of carbonyl (C=O) groups excluding carboxylic acids is 2. The maximum atomic E-state index is 12.8. The number of benzene rings is 2. The number of anilines is 1. The highest BCUT2D eigenvalue weighted by Crippen LogP contribution is 2.22. The van der Waals surface area contributed by atoms with Crippen LogP contribution in [-0.2, 0) is 9.59 Å². The maximum absolute atomic E-state index is 12.8. The van der Waals surface area contributed by atoms with Gasteiger partial charge in [-0.2, -0.15) is 0 Å². The zero-order valence-corrected chi connectivity index (χ0v) is 17.0. The van der Waals surface area contributed by atoms with Crippen LogP contribution in [0.3, 0.4) is 0 Å². The van der Waals surface area contributed by atoms with Gasteiger partial charge in [0.15, 0.2) is 6.61 Å². The normalized spacial score (nSPS) is 11.6. The summed E-state index contributed by atoms with van der Waals surface area (Å²) in [6.45, 7) is 6.95. The van der Waals surface area contributed by atoms with Crippen molar-refractivity contribution in [2.75, 3.05) is 11.9 Å². The van der Waals surface area contributed by atoms with E-state index in [9.17, 15) is 14.4 Å². The Morgan fingerprint density at radius 3 is 2.38 bits per heavy atom. The molecule has 7 heteroatoms. The molecule has 154 valence electrons. The van der Waals surface area contributed by atoms with E-state index in [-0.39, 0.29) is 17.7 Å². The number of ether oxygens (including phenoxy) is 1. The Bertz CT molecular complexity index is 908. The van der Waals surface area contributed by atoms with E-state index in [4.69, 9.17) is 9.84 Å². The predicted molar refractivity (Wildman–Crippen MR) is 110 cm³/mol. The summed E-state index contributed by atoms with van der Waals surface area (Å²) < 4.78 is 5.14. The Labute approximate surface area is 170 Å². The SMILES string of the molecule is Cc1cccc(C(=O)NC(C(=O)Nc2ccc(OCC(=O)O)cc2C)C(C)C)c1. The topological polar surface area (TPSA) is 105 Å². The minimum Gasteiger partial charge on any atom is -0.482 e. The van der Waals surface area contributed by atoms with Crippen molar-refractivity contribution in [1.82, 2.24) is 5.32 Å². The number of aryl methyl sites for hydroxylation is 2. The van der Waals surface area contributed by atoms with E-state index in [1.54, 1.807) is 43.3 Å². The Kier molecular flexibility index (Phi) is 7.36. The van der Waals surface area contributed by atoms with Crippen LogP contribution in [-0.4, -0.2) is 35.5 Å². The van der Waals surface area contributed by atoms with Crippen molar-refractivity contribution in [3.8, 4) is 5.75 Å². The van der Waals surface area contributed by atoms with E-state index >= 15 is 0 Å². The van der Waals surface area contributed by atoms with Gasteiger partial charge >= 0.3 is 5.97 Å². The minimum atomic E-state index is -1.07. The van der Waals surface area contributed by atoms with Crippen LogP contribution >= 0.6 is 0 Å². The van der Waals surface area contributed by atoms with Crippen LogP contribution in [0, 0.1) is 19.8 Å². The summed E-state index contributed by atoms with van der Waals surface area (Å²) in [5.41, 5.74) is 2.74. The molecule has 3 N–H and O–H groups in total. The highest BCUT2D eigenvalue weighted by molar-refractivity contribution is 6.01. The number of aliphatic carboxylic acids is 1. The smallest absolute Gasteiger partial charge is 0.341 e. The van der Waals surface area contributed by atoms with Crippen molar-refractivity contribution >= 4 is 23.5 Å². The highest BCUT2D eigenvalue weighted by Gasteiger charge is 2.25. The number of hydrogen-bond donors (Lipinski definition) is 3. The van der Waals surface area contributed by atoms with Crippen molar-refractivity contribution in [3.63, 3.8) is 0 Å². The van der Waals surface area contributed by atoms with E-state index in [0.29, 0.717) is 22.6 Å². The zero-order valence-electron chi connectivity index (χ0n) is 17.0. The second kappa shape index (κ2) is 9.73. The van der Waals surface area contributed by atoms with Gasteiger partial charge in [-0.15, -0.1) is 0 Å². The van der Waals surface area contributed by atoms with Gasteiger partial charge in [-0.3, -0.25) is 9.59 Å². The molecular weight excluding hydrogens is 372 g/mol. The zero-order chi connectivity index (χ0) is 21.6. The Morgan fingerprint density at radius 2 is 1.79 bits per heavy atom. The van der Waals surface area contributed by atoms with Gasteiger partial charge in [-0.1, -0.05) is 31.5 Å². The minimum absolute atomic E-state index is 0.123. The van der Waals surface area contributed by atoms with Gasteiger partial charge in [0.2, 0.25) is 5.91 Å². The predicted octanol–water partition coefficient (Wildman–Crippen LogP) is 3.16. The van der Waals surface area contributed by atoms with Crippen LogP contribution in [0.1, 0.15) is 35.3 Å². The molecule has 0 bridgehead atoms. The lowest BCUT2D eigenvalue weighted by atomic mass is 10.0. The standard InChI is InChI=1S/C22H26N2O5/c1-13(2)20(24-21(27)16-7-5-6-14(3)10-16)22(28)23-18-9-8-17(11-15(18)4)29-12-19(25)26/h5-11,13,20H,12H2,1-4H3,(H,23,28)(H,24,27)(H,25,26). The van der Waals surface area contributed by atoms with Gasteiger partial charge in [0, 0.05) is 11.3 Å². The lowest BCUT2D eigenvalue weighted by Crippen LogP contribution is -2.47. The van der Waals surface area contributed by atoms with Crippen molar-refractivity contribution < 1.29 is 24.2 Å². The molecular formula is C22H26N2O5. The van der Waals surface area contributed by atoms with Crippen molar-refractivity contribution in [2.24, 2.45) is 5.92 Å². The molecule has 0 saturated heterocycles. The van der Waals surface area contributed by atoms with E-state index in [0.717, 1.165) is 5.56 Å². The fraction of sp³-hybridized carbons (Fsp3) is 0.318. The second-order valence-electron chi connectivity index (χ2n) is 7.21. The lowest BCUT2D eigenvalue weighted by molar-refractivity contribution is -0.139. The van der Waals surface area contributed by atoms with Gasteiger partial charge in [0.05, 0.1) is 0 Å². The van der Waals surface area contributed by atoms with Crippen LogP contribution in [0.5, 0.6) is 5.75 Å². The molecule has 0 heterocycles. The molecule has 0 radical (unpaired) electrons. The Hall–Kier alpha value is -3.35. The molecule has 0 aliphatic carbocycles. The van der Waals surface area contributed by atoms with Gasteiger partial charge in [0.1, 0.15) is 11.8 Å². The summed E-state index contributed by atoms with van der Waals surface area (Å²) in [6.07, 6.45) is 0. The average Bonchev–Trinajstić information content (AvgIpc) is 2.65. The Morgan fingerprint density at radius 1 is 1.07 bits per heavy atom. The first-order chi connectivity index (χ1) is 13.7. The van der Waals surface area contributed by atoms with Crippen LogP contribution in [0.4, 0.5) is 5.69 Å². The molecule has 2 rings (SSSR count). The van der Waals surface area contributed by atoms with Crippen molar-refractivity contribution in [2.45, 2.75) is 33.7 Å². The molecule has 2 amide bonds. The number of carboxylic acid groups (broad SMARTS) is 1. The average molecular weight is 398 g/mol. The van der Waals surface area contributed by atoms with Crippen LogP contribution < -0.4 is 15.4 Å². The molecule has 2 aromatic carbocycles. The molecule has 0 fully saturated rings. The van der Waals surface area contributed by atoms with Crippen molar-refractivity contribution in [1.29, 1.82) is 0 Å². The third-order valence-electron chi connectivity index (χ3n) is 4.33. The summed E-state index contributed by atoms with van der Waals surface area (Å²) in [5.74, 6) is -1.43. The number of carboxylic acids is 1. The highest BCUT2D eigenvalue weighted by atomic mass is 16.5. The van der Waals surface area contributed by atoms with Crippen LogP contribution in [0.2, 0.25) is 0 Å². The van der Waals surface area contributed by atoms with E-state index in [1.165, 1.54) is 0 Å². The van der Waals surface area contributed by atoms with Crippen molar-refractivity contribution in [3.05, 3.63) is 59.2 Å². The monoisotopic (exact) mass is 398 g/mol.